The van der Waals surface area contributed by atoms with Crippen molar-refractivity contribution in [3.05, 3.63) is 71.3 Å². The van der Waals surface area contributed by atoms with Gasteiger partial charge in [0.15, 0.2) is 5.60 Å². The topological polar surface area (TPSA) is 29.6 Å². The molecule has 0 saturated carbocycles. The van der Waals surface area contributed by atoms with E-state index in [0.29, 0.717) is 12.2 Å². The summed E-state index contributed by atoms with van der Waals surface area (Å²) in [5, 5.41) is 0. The Morgan fingerprint density at radius 1 is 1.06 bits per heavy atom. The molecule has 1 fully saturated rings. The molecule has 1 atom stereocenters. The molecule has 2 nitrogen and oxygen atoms in total. The van der Waals surface area contributed by atoms with E-state index in [1.165, 1.54) is 5.56 Å². The van der Waals surface area contributed by atoms with Gasteiger partial charge in [0.25, 0.3) is 0 Å². The lowest BCUT2D eigenvalue weighted by atomic mass is 9.91. The second-order valence-electron chi connectivity index (χ2n) is 4.68. The van der Waals surface area contributed by atoms with Crippen LogP contribution in [0.1, 0.15) is 21.5 Å². The number of hydrogen-bond acceptors (Lipinski definition) is 2. The molecule has 90 valence electrons. The standard InChI is InChI=1S/C16H14O2/c1-12-7-9-14(10-8-12)16(11-18-16)15(17)13-5-3-2-4-6-13/h2-10H,11H2,1H3. The molecule has 1 aliphatic rings. The summed E-state index contributed by atoms with van der Waals surface area (Å²) in [6.45, 7) is 2.51. The van der Waals surface area contributed by atoms with E-state index >= 15 is 0 Å². The Morgan fingerprint density at radius 3 is 2.22 bits per heavy atom. The number of benzene rings is 2. The number of epoxide rings is 1. The lowest BCUT2D eigenvalue weighted by Crippen LogP contribution is -2.22. The predicted molar refractivity (Wildman–Crippen MR) is 69.6 cm³/mol. The average molecular weight is 238 g/mol. The monoisotopic (exact) mass is 238 g/mol. The van der Waals surface area contributed by atoms with Crippen LogP contribution in [-0.2, 0) is 10.3 Å². The van der Waals surface area contributed by atoms with E-state index < -0.39 is 5.60 Å². The van der Waals surface area contributed by atoms with Crippen molar-refractivity contribution in [1.82, 2.24) is 0 Å². The Morgan fingerprint density at radius 2 is 1.67 bits per heavy atom. The van der Waals surface area contributed by atoms with Gasteiger partial charge in [0, 0.05) is 5.56 Å². The fourth-order valence-electron chi connectivity index (χ4n) is 2.15. The van der Waals surface area contributed by atoms with Crippen molar-refractivity contribution >= 4 is 5.78 Å². The van der Waals surface area contributed by atoms with Crippen molar-refractivity contribution in [3.8, 4) is 0 Å². The molecule has 1 aliphatic heterocycles. The van der Waals surface area contributed by atoms with E-state index in [0.717, 1.165) is 5.56 Å². The molecule has 2 aromatic carbocycles. The van der Waals surface area contributed by atoms with Crippen LogP contribution in [0.25, 0.3) is 0 Å². The Kier molecular flexibility index (Phi) is 2.53. The third-order valence-electron chi connectivity index (χ3n) is 3.35. The highest BCUT2D eigenvalue weighted by atomic mass is 16.6. The van der Waals surface area contributed by atoms with Crippen LogP contribution in [0.4, 0.5) is 0 Å². The number of rotatable bonds is 3. The zero-order chi connectivity index (χ0) is 12.6. The fourth-order valence-corrected chi connectivity index (χ4v) is 2.15. The molecule has 0 amide bonds. The van der Waals surface area contributed by atoms with Gasteiger partial charge in [0.1, 0.15) is 0 Å². The van der Waals surface area contributed by atoms with E-state index in [4.69, 9.17) is 4.74 Å². The molecular weight excluding hydrogens is 224 g/mol. The number of carbonyl (C=O) groups is 1. The van der Waals surface area contributed by atoms with Crippen LogP contribution in [0.3, 0.4) is 0 Å². The molecule has 2 heteroatoms. The second-order valence-corrected chi connectivity index (χ2v) is 4.68. The quantitative estimate of drug-likeness (QED) is 0.607. The third-order valence-corrected chi connectivity index (χ3v) is 3.35. The lowest BCUT2D eigenvalue weighted by Gasteiger charge is -2.11. The van der Waals surface area contributed by atoms with Crippen LogP contribution in [0.2, 0.25) is 0 Å². The van der Waals surface area contributed by atoms with Gasteiger partial charge in [-0.15, -0.1) is 0 Å². The van der Waals surface area contributed by atoms with E-state index in [-0.39, 0.29) is 5.78 Å². The highest BCUT2D eigenvalue weighted by Crippen LogP contribution is 2.41. The highest BCUT2D eigenvalue weighted by molar-refractivity contribution is 6.04. The first-order valence-electron chi connectivity index (χ1n) is 6.03. The Labute approximate surface area is 106 Å². The smallest absolute Gasteiger partial charge is 0.201 e. The number of carbonyl (C=O) groups excluding carboxylic acids is 1. The van der Waals surface area contributed by atoms with Crippen molar-refractivity contribution in [2.45, 2.75) is 12.5 Å². The van der Waals surface area contributed by atoms with Crippen LogP contribution in [-0.4, -0.2) is 12.4 Å². The van der Waals surface area contributed by atoms with Crippen LogP contribution in [0.15, 0.2) is 54.6 Å². The number of ether oxygens (including phenoxy) is 1. The van der Waals surface area contributed by atoms with Crippen molar-refractivity contribution in [2.75, 3.05) is 6.61 Å². The normalized spacial score (nSPS) is 21.6. The van der Waals surface area contributed by atoms with Crippen molar-refractivity contribution in [2.24, 2.45) is 0 Å². The zero-order valence-corrected chi connectivity index (χ0v) is 10.2. The molecule has 3 rings (SSSR count). The molecule has 18 heavy (non-hydrogen) atoms. The number of aryl methyl sites for hydroxylation is 1. The van der Waals surface area contributed by atoms with Gasteiger partial charge in [-0.1, -0.05) is 60.2 Å². The summed E-state index contributed by atoms with van der Waals surface area (Å²) in [5.41, 5.74) is 2.09. The van der Waals surface area contributed by atoms with Crippen LogP contribution >= 0.6 is 0 Å². The van der Waals surface area contributed by atoms with Gasteiger partial charge in [0.2, 0.25) is 5.78 Å². The molecule has 1 saturated heterocycles. The predicted octanol–water partition coefficient (Wildman–Crippen LogP) is 3.10. The minimum absolute atomic E-state index is 0.0481. The summed E-state index contributed by atoms with van der Waals surface area (Å²) in [6, 6.07) is 17.3. The average Bonchev–Trinajstić information content (AvgIpc) is 3.21. The summed E-state index contributed by atoms with van der Waals surface area (Å²) in [4.78, 5) is 12.5. The molecular formula is C16H14O2. The maximum absolute atomic E-state index is 12.5. The maximum atomic E-state index is 12.5. The lowest BCUT2D eigenvalue weighted by molar-refractivity contribution is 0.0871. The van der Waals surface area contributed by atoms with E-state index in [9.17, 15) is 4.79 Å². The Balaban J connectivity index is 1.96. The molecule has 2 aromatic rings. The largest absolute Gasteiger partial charge is 0.356 e. The van der Waals surface area contributed by atoms with E-state index in [1.54, 1.807) is 0 Å². The molecule has 0 aliphatic carbocycles. The number of hydrogen-bond donors (Lipinski definition) is 0. The van der Waals surface area contributed by atoms with Gasteiger partial charge in [-0.2, -0.15) is 0 Å². The minimum atomic E-state index is -0.741. The minimum Gasteiger partial charge on any atom is -0.356 e. The van der Waals surface area contributed by atoms with E-state index in [1.807, 2.05) is 61.5 Å². The first-order chi connectivity index (χ1) is 8.72. The molecule has 1 heterocycles. The second kappa shape index (κ2) is 4.07. The fraction of sp³-hybridized carbons (Fsp3) is 0.188. The van der Waals surface area contributed by atoms with Gasteiger partial charge in [-0.3, -0.25) is 4.79 Å². The van der Waals surface area contributed by atoms with Crippen LogP contribution in [0.5, 0.6) is 0 Å². The van der Waals surface area contributed by atoms with Gasteiger partial charge in [0.05, 0.1) is 6.61 Å². The van der Waals surface area contributed by atoms with Crippen molar-refractivity contribution in [3.63, 3.8) is 0 Å². The first-order valence-corrected chi connectivity index (χ1v) is 6.03. The molecule has 0 N–H and O–H groups in total. The number of ketones is 1. The van der Waals surface area contributed by atoms with Gasteiger partial charge in [-0.25, -0.2) is 0 Å². The SMILES string of the molecule is Cc1ccc(C2(C(=O)c3ccccc3)CO2)cc1. The van der Waals surface area contributed by atoms with Crippen LogP contribution in [0, 0.1) is 6.92 Å². The maximum Gasteiger partial charge on any atom is 0.201 e. The van der Waals surface area contributed by atoms with Gasteiger partial charge < -0.3 is 4.74 Å². The molecule has 0 spiro atoms. The molecule has 0 aromatic heterocycles. The summed E-state index contributed by atoms with van der Waals surface area (Å²) < 4.78 is 5.49. The summed E-state index contributed by atoms with van der Waals surface area (Å²) in [5.74, 6) is 0.0481. The third kappa shape index (κ3) is 1.75. The molecule has 0 bridgehead atoms. The Hall–Kier alpha value is -1.93. The first kappa shape index (κ1) is 11.2. The zero-order valence-electron chi connectivity index (χ0n) is 10.2. The van der Waals surface area contributed by atoms with Crippen molar-refractivity contribution in [1.29, 1.82) is 0 Å². The van der Waals surface area contributed by atoms with Crippen molar-refractivity contribution < 1.29 is 9.53 Å². The Bertz CT molecular complexity index is 566. The summed E-state index contributed by atoms with van der Waals surface area (Å²) >= 11 is 0. The highest BCUT2D eigenvalue weighted by Gasteiger charge is 2.53. The van der Waals surface area contributed by atoms with Crippen LogP contribution < -0.4 is 0 Å². The number of Topliss-reactive ketones (excluding diaryl/α,β-unsaturated/α-hetero) is 1. The molecule has 0 radical (unpaired) electrons. The summed E-state index contributed by atoms with van der Waals surface area (Å²) in [7, 11) is 0. The van der Waals surface area contributed by atoms with Gasteiger partial charge >= 0.3 is 0 Å². The molecule has 1 unspecified atom stereocenters. The van der Waals surface area contributed by atoms with E-state index in [2.05, 4.69) is 0 Å². The summed E-state index contributed by atoms with van der Waals surface area (Å²) in [6.07, 6.45) is 0. The van der Waals surface area contributed by atoms with Gasteiger partial charge in [-0.05, 0) is 12.5 Å².